The van der Waals surface area contributed by atoms with E-state index in [0.717, 1.165) is 16.9 Å². The van der Waals surface area contributed by atoms with Crippen LogP contribution in [0.1, 0.15) is 31.0 Å². The van der Waals surface area contributed by atoms with Crippen LogP contribution in [0, 0.1) is 6.92 Å². The zero-order valence-corrected chi connectivity index (χ0v) is 8.65. The van der Waals surface area contributed by atoms with Crippen LogP contribution in [0.15, 0.2) is 12.4 Å². The van der Waals surface area contributed by atoms with Gasteiger partial charge in [-0.1, -0.05) is 13.8 Å². The zero-order valence-electron chi connectivity index (χ0n) is 8.65. The summed E-state index contributed by atoms with van der Waals surface area (Å²) in [5.41, 5.74) is 9.39. The van der Waals surface area contributed by atoms with E-state index in [-0.39, 0.29) is 0 Å². The second-order valence-corrected chi connectivity index (χ2v) is 3.85. The Morgan fingerprint density at radius 2 is 2.14 bits per heavy atom. The van der Waals surface area contributed by atoms with E-state index in [0.29, 0.717) is 11.6 Å². The summed E-state index contributed by atoms with van der Waals surface area (Å²) in [6, 6.07) is 0. The largest absolute Gasteiger partial charge is 0.394 e. The maximum absolute atomic E-state index is 5.94. The molecule has 74 valence electrons. The minimum Gasteiger partial charge on any atom is -0.394 e. The number of nitrogen functional groups attached to an aromatic ring is 1. The summed E-state index contributed by atoms with van der Waals surface area (Å²) in [5.74, 6) is 0.331. The van der Waals surface area contributed by atoms with Crippen LogP contribution in [0.25, 0.3) is 5.65 Å². The van der Waals surface area contributed by atoms with Crippen LogP contribution >= 0.6 is 0 Å². The molecule has 2 N–H and O–H groups in total. The maximum atomic E-state index is 5.94. The smallest absolute Gasteiger partial charge is 0.178 e. The third-order valence-electron chi connectivity index (χ3n) is 2.21. The summed E-state index contributed by atoms with van der Waals surface area (Å²) in [6.07, 6.45) is 3.74. The maximum Gasteiger partial charge on any atom is 0.178 e. The second-order valence-electron chi connectivity index (χ2n) is 3.85. The van der Waals surface area contributed by atoms with Crippen molar-refractivity contribution in [2.45, 2.75) is 26.7 Å². The molecular formula is C10H14N4. The fourth-order valence-electron chi connectivity index (χ4n) is 1.49. The Morgan fingerprint density at radius 1 is 1.43 bits per heavy atom. The molecule has 0 atom stereocenters. The number of rotatable bonds is 1. The van der Waals surface area contributed by atoms with Gasteiger partial charge in [-0.05, 0) is 18.4 Å². The van der Waals surface area contributed by atoms with E-state index < -0.39 is 0 Å². The molecule has 0 aromatic carbocycles. The van der Waals surface area contributed by atoms with E-state index >= 15 is 0 Å². The molecule has 2 rings (SSSR count). The normalized spacial score (nSPS) is 11.4. The Balaban J connectivity index is 2.73. The number of hydrogen-bond donors (Lipinski definition) is 1. The van der Waals surface area contributed by atoms with Gasteiger partial charge in [0.05, 0.1) is 5.69 Å². The molecule has 0 bridgehead atoms. The predicted molar refractivity (Wildman–Crippen MR) is 56.2 cm³/mol. The van der Waals surface area contributed by atoms with Crippen LogP contribution in [-0.2, 0) is 0 Å². The molecule has 2 heterocycles. The molecule has 0 saturated carbocycles. The lowest BCUT2D eigenvalue weighted by molar-refractivity contribution is 0.786. The Bertz CT molecular complexity index is 470. The van der Waals surface area contributed by atoms with Crippen molar-refractivity contribution < 1.29 is 0 Å². The van der Waals surface area contributed by atoms with Crippen molar-refractivity contribution in [1.82, 2.24) is 14.6 Å². The number of fused-ring (bicyclic) bond motifs is 1. The number of anilines is 1. The van der Waals surface area contributed by atoms with Crippen molar-refractivity contribution in [1.29, 1.82) is 0 Å². The van der Waals surface area contributed by atoms with Crippen LogP contribution in [-0.4, -0.2) is 14.6 Å². The molecule has 0 fully saturated rings. The van der Waals surface area contributed by atoms with Crippen molar-refractivity contribution in [3.8, 4) is 0 Å². The van der Waals surface area contributed by atoms with Crippen LogP contribution in [0.5, 0.6) is 0 Å². The van der Waals surface area contributed by atoms with Gasteiger partial charge in [-0.3, -0.25) is 0 Å². The van der Waals surface area contributed by atoms with Crippen LogP contribution in [0.4, 0.5) is 5.69 Å². The van der Waals surface area contributed by atoms with Crippen molar-refractivity contribution in [2.24, 2.45) is 0 Å². The first-order valence-corrected chi connectivity index (χ1v) is 4.70. The average Bonchev–Trinajstić information content (AvgIpc) is 2.43. The van der Waals surface area contributed by atoms with Crippen molar-refractivity contribution >= 4 is 11.3 Å². The van der Waals surface area contributed by atoms with Gasteiger partial charge in [0.1, 0.15) is 5.69 Å². The van der Waals surface area contributed by atoms with E-state index in [1.165, 1.54) is 0 Å². The average molecular weight is 190 g/mol. The Labute approximate surface area is 82.8 Å². The monoisotopic (exact) mass is 190 g/mol. The summed E-state index contributed by atoms with van der Waals surface area (Å²) in [4.78, 5) is 4.26. The molecule has 0 amide bonds. The zero-order chi connectivity index (χ0) is 10.3. The van der Waals surface area contributed by atoms with E-state index in [9.17, 15) is 0 Å². The Kier molecular flexibility index (Phi) is 1.91. The lowest BCUT2D eigenvalue weighted by Gasteiger charge is -1.98. The van der Waals surface area contributed by atoms with Gasteiger partial charge in [-0.25, -0.2) is 9.50 Å². The van der Waals surface area contributed by atoms with Gasteiger partial charge in [0, 0.05) is 12.4 Å². The molecule has 0 aliphatic heterocycles. The molecule has 0 spiro atoms. The lowest BCUT2D eigenvalue weighted by atomic mass is 10.1. The van der Waals surface area contributed by atoms with Gasteiger partial charge >= 0.3 is 0 Å². The van der Waals surface area contributed by atoms with E-state index in [1.807, 2.05) is 13.1 Å². The number of aromatic nitrogens is 3. The van der Waals surface area contributed by atoms with E-state index in [2.05, 4.69) is 23.9 Å². The highest BCUT2D eigenvalue weighted by molar-refractivity contribution is 5.67. The highest BCUT2D eigenvalue weighted by Gasteiger charge is 2.13. The molecule has 0 unspecified atom stereocenters. The molecule has 4 heteroatoms. The van der Waals surface area contributed by atoms with Crippen LogP contribution in [0.2, 0.25) is 0 Å². The fraction of sp³-hybridized carbons (Fsp3) is 0.400. The first-order valence-electron chi connectivity index (χ1n) is 4.70. The van der Waals surface area contributed by atoms with Crippen LogP contribution < -0.4 is 5.73 Å². The summed E-state index contributed by atoms with van der Waals surface area (Å²) in [5, 5.41) is 4.40. The third-order valence-corrected chi connectivity index (χ3v) is 2.21. The summed E-state index contributed by atoms with van der Waals surface area (Å²) >= 11 is 0. The molecule has 4 nitrogen and oxygen atoms in total. The highest BCUT2D eigenvalue weighted by atomic mass is 15.3. The molecule has 2 aromatic heterocycles. The van der Waals surface area contributed by atoms with Gasteiger partial charge in [-0.15, -0.1) is 0 Å². The molecule has 0 aliphatic carbocycles. The lowest BCUT2D eigenvalue weighted by Crippen LogP contribution is -1.94. The Morgan fingerprint density at radius 3 is 2.79 bits per heavy atom. The SMILES string of the molecule is Cc1cnc2c(N)c(C(C)C)nn2c1. The van der Waals surface area contributed by atoms with Crippen molar-refractivity contribution in [3.63, 3.8) is 0 Å². The first-order chi connectivity index (χ1) is 6.59. The van der Waals surface area contributed by atoms with Gasteiger partial charge in [-0.2, -0.15) is 5.10 Å². The van der Waals surface area contributed by atoms with E-state index in [1.54, 1.807) is 10.7 Å². The molecule has 0 radical (unpaired) electrons. The van der Waals surface area contributed by atoms with Crippen molar-refractivity contribution in [2.75, 3.05) is 5.73 Å². The quantitative estimate of drug-likeness (QED) is 0.745. The van der Waals surface area contributed by atoms with Gasteiger partial charge in [0.25, 0.3) is 0 Å². The molecule has 2 aromatic rings. The minimum absolute atomic E-state index is 0.331. The number of nitrogens with two attached hydrogens (primary N) is 1. The Hall–Kier alpha value is -1.58. The topological polar surface area (TPSA) is 56.2 Å². The standard InChI is InChI=1S/C10H14N4/c1-6(2)9-8(11)10-12-4-7(3)5-14(10)13-9/h4-6H,11H2,1-3H3. The second kappa shape index (κ2) is 2.97. The first kappa shape index (κ1) is 8.99. The summed E-state index contributed by atoms with van der Waals surface area (Å²) < 4.78 is 1.75. The van der Waals surface area contributed by atoms with Crippen molar-refractivity contribution in [3.05, 3.63) is 23.7 Å². The fourth-order valence-corrected chi connectivity index (χ4v) is 1.49. The van der Waals surface area contributed by atoms with E-state index in [4.69, 9.17) is 5.73 Å². The highest BCUT2D eigenvalue weighted by Crippen LogP contribution is 2.23. The van der Waals surface area contributed by atoms with Gasteiger partial charge in [0.15, 0.2) is 5.65 Å². The summed E-state index contributed by atoms with van der Waals surface area (Å²) in [7, 11) is 0. The third kappa shape index (κ3) is 1.23. The van der Waals surface area contributed by atoms with Gasteiger partial charge < -0.3 is 5.73 Å². The summed E-state index contributed by atoms with van der Waals surface area (Å²) in [6.45, 7) is 6.13. The predicted octanol–water partition coefficient (Wildman–Crippen LogP) is 1.74. The van der Waals surface area contributed by atoms with Crippen LogP contribution in [0.3, 0.4) is 0 Å². The van der Waals surface area contributed by atoms with Gasteiger partial charge in [0.2, 0.25) is 0 Å². The molecule has 0 aliphatic rings. The number of nitrogens with zero attached hydrogens (tertiary/aromatic N) is 3. The number of aryl methyl sites for hydroxylation is 1. The molecular weight excluding hydrogens is 176 g/mol. The molecule has 14 heavy (non-hydrogen) atoms. The molecule has 0 saturated heterocycles. The minimum atomic E-state index is 0.331. The number of hydrogen-bond acceptors (Lipinski definition) is 3.